The van der Waals surface area contributed by atoms with Crippen molar-refractivity contribution in [1.29, 1.82) is 5.26 Å². The maximum absolute atomic E-state index is 13.3. The van der Waals surface area contributed by atoms with Gasteiger partial charge in [-0.15, -0.1) is 0 Å². The Morgan fingerprint density at radius 1 is 0.632 bits per heavy atom. The predicted octanol–water partition coefficient (Wildman–Crippen LogP) is 7.77. The van der Waals surface area contributed by atoms with E-state index >= 15 is 0 Å². The van der Waals surface area contributed by atoms with Gasteiger partial charge in [-0.05, 0) is 104 Å². The fourth-order valence-corrected chi connectivity index (χ4v) is 7.18. The monoisotopic (exact) mass is 965 g/mol. The zero-order chi connectivity index (χ0) is 52.2. The first-order valence-corrected chi connectivity index (χ1v) is 24.8. The highest BCUT2D eigenvalue weighted by Gasteiger charge is 2.43. The highest BCUT2D eigenvalue weighted by Crippen LogP contribution is 2.39. The van der Waals surface area contributed by atoms with Crippen molar-refractivity contribution in [2.75, 3.05) is 32.8 Å². The summed E-state index contributed by atoms with van der Waals surface area (Å²) in [7, 11) is 0. The van der Waals surface area contributed by atoms with E-state index in [0.29, 0.717) is 50.5 Å². The lowest BCUT2D eigenvalue weighted by Gasteiger charge is -2.41. The number of carbonyl (C=O) groups is 7. The van der Waals surface area contributed by atoms with Crippen molar-refractivity contribution in [2.24, 2.45) is 27.9 Å². The van der Waals surface area contributed by atoms with Crippen LogP contribution >= 0.6 is 0 Å². The Labute approximate surface area is 408 Å². The van der Waals surface area contributed by atoms with Crippen molar-refractivity contribution in [1.82, 2.24) is 42.5 Å². The van der Waals surface area contributed by atoms with E-state index in [0.717, 1.165) is 32.1 Å². The van der Waals surface area contributed by atoms with Crippen LogP contribution in [-0.4, -0.2) is 98.1 Å². The van der Waals surface area contributed by atoms with Crippen LogP contribution in [0.15, 0.2) is 0 Å². The molecule has 19 nitrogen and oxygen atoms in total. The summed E-state index contributed by atoms with van der Waals surface area (Å²) >= 11 is 0. The van der Waals surface area contributed by atoms with Crippen LogP contribution in [0, 0.1) is 33.5 Å². The summed E-state index contributed by atoms with van der Waals surface area (Å²) in [6.07, 6.45) is 8.80. The number of hydrogen-bond donors (Lipinski definition) is 9. The van der Waals surface area contributed by atoms with Crippen molar-refractivity contribution in [2.45, 2.75) is 209 Å². The number of nitrogens with two attached hydrogens (primary N) is 1. The summed E-state index contributed by atoms with van der Waals surface area (Å²) < 4.78 is 10.8. The lowest BCUT2D eigenvalue weighted by Crippen LogP contribution is -2.55. The Morgan fingerprint density at radius 3 is 1.60 bits per heavy atom. The van der Waals surface area contributed by atoms with Gasteiger partial charge in [0.1, 0.15) is 13.2 Å². The lowest BCUT2D eigenvalue weighted by molar-refractivity contribution is -0.129. The molecular formula is C49H92N10O9. The van der Waals surface area contributed by atoms with Gasteiger partial charge in [0, 0.05) is 43.2 Å². The second-order valence-electron chi connectivity index (χ2n) is 21.8. The third-order valence-electron chi connectivity index (χ3n) is 12.0. The number of nitrogens with zero attached hydrogens (tertiary/aromatic N) is 1. The molecule has 68 heavy (non-hydrogen) atoms. The third kappa shape index (κ3) is 31.2. The first-order valence-electron chi connectivity index (χ1n) is 24.8. The van der Waals surface area contributed by atoms with E-state index in [1.807, 2.05) is 55.4 Å². The van der Waals surface area contributed by atoms with Gasteiger partial charge in [-0.3, -0.25) is 20.2 Å². The van der Waals surface area contributed by atoms with Crippen LogP contribution in [0.4, 0.5) is 24.0 Å². The van der Waals surface area contributed by atoms with Gasteiger partial charge in [-0.25, -0.2) is 24.0 Å². The summed E-state index contributed by atoms with van der Waals surface area (Å²) in [5.74, 6) is -1.24. The van der Waals surface area contributed by atoms with Crippen LogP contribution in [-0.2, 0) is 19.1 Å². The zero-order valence-electron chi connectivity index (χ0n) is 44.1. The van der Waals surface area contributed by atoms with Gasteiger partial charge >= 0.3 is 30.3 Å². The Morgan fingerprint density at radius 2 is 1.13 bits per heavy atom. The minimum Gasteiger partial charge on any atom is -0.447 e. The molecule has 0 aliphatic rings. The number of carbonyl (C=O) groups excluding carboxylic acids is 7. The minimum absolute atomic E-state index is 0.0904. The SMILES string of the molecule is CCC(C)(C)CCCCCCNC(=O)NC(=O)NC(=O)NCCCCCCNC(=O)OCC(COC(=O)NC(C)(C)CC)NC(=O)CCC(C)(C#N)CC(C)(N)C(CC(C)(C)C)C(=O)NC(C)C. The number of hydrogen-bond acceptors (Lipinski definition) is 11. The molecule has 10 N–H and O–H groups in total. The maximum atomic E-state index is 13.3. The van der Waals surface area contributed by atoms with Crippen LogP contribution < -0.4 is 48.3 Å². The van der Waals surface area contributed by atoms with Crippen molar-refractivity contribution in [3.8, 4) is 6.07 Å². The van der Waals surface area contributed by atoms with Crippen LogP contribution in [0.3, 0.4) is 0 Å². The average molecular weight is 965 g/mol. The molecule has 392 valence electrons. The second-order valence-corrected chi connectivity index (χ2v) is 21.8. The molecule has 0 saturated heterocycles. The topological polar surface area (TPSA) is 284 Å². The van der Waals surface area contributed by atoms with E-state index in [-0.39, 0.29) is 62.9 Å². The van der Waals surface area contributed by atoms with E-state index in [1.54, 1.807) is 13.8 Å². The molecule has 0 fully saturated rings. The van der Waals surface area contributed by atoms with Gasteiger partial charge < -0.3 is 47.1 Å². The quantitative estimate of drug-likeness (QED) is 0.0303. The largest absolute Gasteiger partial charge is 0.447 e. The van der Waals surface area contributed by atoms with E-state index in [2.05, 4.69) is 69.4 Å². The molecule has 0 aromatic carbocycles. The zero-order valence-corrected chi connectivity index (χ0v) is 44.1. The standard InChI is InChI=1S/C49H92N10O9/c1-14-46(8,9)25-20-16-17-21-27-52-40(62)57-42(64)58-41(63)53-28-22-18-19-23-29-54-43(65)67-31-36(32-68-44(66)59-47(10,11)15-2)56-38(60)24-26-48(12,34-50)33-49(13,51)37(30-45(5,6)7)39(61)55-35(3)4/h35-37H,14-33,51H2,1-13H3,(H,54,65)(H,55,61)(H,56,60)(H,59,66)(H4,52,53,57,58,62,63,64). The second kappa shape index (κ2) is 31.3. The van der Waals surface area contributed by atoms with Gasteiger partial charge in [0.2, 0.25) is 11.8 Å². The Hall–Kier alpha value is -4.86. The molecule has 0 aromatic heterocycles. The van der Waals surface area contributed by atoms with Gasteiger partial charge in [0.05, 0.1) is 23.4 Å². The number of imide groups is 2. The molecule has 0 heterocycles. The first kappa shape index (κ1) is 63.1. The third-order valence-corrected chi connectivity index (χ3v) is 12.0. The molecular weight excluding hydrogens is 873 g/mol. The Bertz CT molecular complexity index is 1620. The molecule has 10 amide bonds. The van der Waals surface area contributed by atoms with Crippen LogP contribution in [0.1, 0.15) is 186 Å². The smallest absolute Gasteiger partial charge is 0.407 e. The molecule has 0 aliphatic carbocycles. The van der Waals surface area contributed by atoms with E-state index in [4.69, 9.17) is 15.2 Å². The summed E-state index contributed by atoms with van der Waals surface area (Å²) in [6, 6.07) is -1.01. The van der Waals surface area contributed by atoms with Crippen LogP contribution in [0.2, 0.25) is 0 Å². The molecule has 0 radical (unpaired) electrons. The normalized spacial score (nSPS) is 14.4. The number of ether oxygens (including phenoxy) is 2. The van der Waals surface area contributed by atoms with Gasteiger partial charge in [0.25, 0.3) is 0 Å². The van der Waals surface area contributed by atoms with Gasteiger partial charge in [-0.2, -0.15) is 5.26 Å². The van der Waals surface area contributed by atoms with E-state index < -0.39 is 64.6 Å². The molecule has 0 aliphatic heterocycles. The Balaban J connectivity index is 4.95. The predicted molar refractivity (Wildman–Crippen MR) is 265 cm³/mol. The first-order chi connectivity index (χ1) is 31.5. The molecule has 4 unspecified atom stereocenters. The molecule has 0 spiro atoms. The van der Waals surface area contributed by atoms with Crippen molar-refractivity contribution in [3.63, 3.8) is 0 Å². The number of alkyl carbamates (subject to hydrolysis) is 2. The summed E-state index contributed by atoms with van der Waals surface area (Å²) in [5, 5.41) is 30.8. The number of nitrogens with one attached hydrogen (secondary N) is 8. The number of urea groups is 3. The molecule has 0 rings (SSSR count). The molecule has 0 saturated carbocycles. The van der Waals surface area contributed by atoms with Crippen molar-refractivity contribution >= 4 is 42.1 Å². The fourth-order valence-electron chi connectivity index (χ4n) is 7.18. The number of amides is 10. The fraction of sp³-hybridized carbons (Fsp3) is 0.837. The van der Waals surface area contributed by atoms with E-state index in [9.17, 15) is 38.8 Å². The van der Waals surface area contributed by atoms with Crippen molar-refractivity contribution < 1.29 is 43.0 Å². The number of rotatable bonds is 31. The Kier molecular flexibility index (Phi) is 29.1. The lowest BCUT2D eigenvalue weighted by atomic mass is 9.67. The van der Waals surface area contributed by atoms with Gasteiger partial charge in [0.15, 0.2) is 0 Å². The highest BCUT2D eigenvalue weighted by molar-refractivity contribution is 6.01. The van der Waals surface area contributed by atoms with Crippen LogP contribution in [0.25, 0.3) is 0 Å². The molecule has 19 heteroatoms. The highest BCUT2D eigenvalue weighted by atomic mass is 16.6. The molecule has 0 bridgehead atoms. The summed E-state index contributed by atoms with van der Waals surface area (Å²) in [4.78, 5) is 88.0. The molecule has 4 atom stereocenters. The van der Waals surface area contributed by atoms with Crippen LogP contribution in [0.5, 0.6) is 0 Å². The summed E-state index contributed by atoms with van der Waals surface area (Å²) in [6.45, 7) is 26.0. The molecule has 0 aromatic rings. The average Bonchev–Trinajstić information content (AvgIpc) is 3.22. The van der Waals surface area contributed by atoms with Crippen molar-refractivity contribution in [3.05, 3.63) is 0 Å². The number of nitriles is 1. The summed E-state index contributed by atoms with van der Waals surface area (Å²) in [5.41, 5.74) is 4.30. The van der Waals surface area contributed by atoms with Gasteiger partial charge in [-0.1, -0.05) is 87.0 Å². The maximum Gasteiger partial charge on any atom is 0.407 e. The van der Waals surface area contributed by atoms with E-state index in [1.165, 1.54) is 6.42 Å². The number of unbranched alkanes of at least 4 members (excludes halogenated alkanes) is 6. The minimum atomic E-state index is -1.08.